The highest BCUT2D eigenvalue weighted by atomic mass is 79.9. The molecule has 2 aromatic heterocycles. The molecular weight excluding hydrogens is 354 g/mol. The SMILES string of the molecule is Nc1nc(-c2cccc(NC(=O)c3ccc(Br)o3)c2)cs1. The van der Waals surface area contributed by atoms with E-state index in [0.717, 1.165) is 11.3 Å². The van der Waals surface area contributed by atoms with E-state index < -0.39 is 0 Å². The number of furan rings is 1. The second kappa shape index (κ2) is 5.71. The summed E-state index contributed by atoms with van der Waals surface area (Å²) < 4.78 is 5.73. The Morgan fingerprint density at radius 2 is 2.19 bits per heavy atom. The number of halogens is 1. The predicted octanol–water partition coefficient (Wildman–Crippen LogP) is 4.00. The van der Waals surface area contributed by atoms with Gasteiger partial charge in [0.15, 0.2) is 15.6 Å². The molecule has 106 valence electrons. The molecule has 2 heterocycles. The molecule has 0 radical (unpaired) electrons. The zero-order valence-electron chi connectivity index (χ0n) is 10.7. The number of anilines is 2. The predicted molar refractivity (Wildman–Crippen MR) is 86.3 cm³/mol. The number of carbonyl (C=O) groups excluding carboxylic acids is 1. The number of carbonyl (C=O) groups is 1. The van der Waals surface area contributed by atoms with Crippen LogP contribution in [-0.4, -0.2) is 10.9 Å². The van der Waals surface area contributed by atoms with Crippen LogP contribution in [0.4, 0.5) is 10.8 Å². The monoisotopic (exact) mass is 363 g/mol. The van der Waals surface area contributed by atoms with Crippen molar-refractivity contribution in [2.24, 2.45) is 0 Å². The fourth-order valence-corrected chi connectivity index (χ4v) is 2.68. The minimum atomic E-state index is -0.310. The fraction of sp³-hybridized carbons (Fsp3) is 0. The van der Waals surface area contributed by atoms with Crippen molar-refractivity contribution in [1.82, 2.24) is 4.98 Å². The Balaban J connectivity index is 1.82. The first-order chi connectivity index (χ1) is 10.1. The third-order valence-corrected chi connectivity index (χ3v) is 3.84. The zero-order valence-corrected chi connectivity index (χ0v) is 13.1. The van der Waals surface area contributed by atoms with Gasteiger partial charge in [-0.3, -0.25) is 4.79 Å². The number of nitrogens with one attached hydrogen (secondary N) is 1. The van der Waals surface area contributed by atoms with Gasteiger partial charge in [0.1, 0.15) is 0 Å². The number of benzene rings is 1. The summed E-state index contributed by atoms with van der Waals surface area (Å²) in [5.74, 6) is -0.0687. The van der Waals surface area contributed by atoms with Crippen molar-refractivity contribution in [2.45, 2.75) is 0 Å². The maximum absolute atomic E-state index is 12.0. The fourth-order valence-electron chi connectivity index (χ4n) is 1.81. The number of rotatable bonds is 3. The van der Waals surface area contributed by atoms with Gasteiger partial charge in [0.25, 0.3) is 5.91 Å². The number of aromatic nitrogens is 1. The van der Waals surface area contributed by atoms with E-state index in [-0.39, 0.29) is 11.7 Å². The van der Waals surface area contributed by atoms with Gasteiger partial charge in [0.05, 0.1) is 5.69 Å². The second-order valence-corrected chi connectivity index (χ2v) is 5.88. The molecule has 1 aromatic carbocycles. The number of thiazole rings is 1. The third kappa shape index (κ3) is 3.14. The highest BCUT2D eigenvalue weighted by Gasteiger charge is 2.11. The number of nitrogen functional groups attached to an aromatic ring is 1. The van der Waals surface area contributed by atoms with Gasteiger partial charge in [-0.1, -0.05) is 12.1 Å². The molecule has 0 fully saturated rings. The van der Waals surface area contributed by atoms with Crippen molar-refractivity contribution in [2.75, 3.05) is 11.1 Å². The molecule has 3 rings (SSSR count). The first kappa shape index (κ1) is 13.8. The van der Waals surface area contributed by atoms with Crippen molar-refractivity contribution in [3.63, 3.8) is 0 Å². The maximum Gasteiger partial charge on any atom is 0.291 e. The molecule has 5 nitrogen and oxygen atoms in total. The number of nitrogens with two attached hydrogens (primary N) is 1. The van der Waals surface area contributed by atoms with Crippen molar-refractivity contribution < 1.29 is 9.21 Å². The summed E-state index contributed by atoms with van der Waals surface area (Å²) >= 11 is 4.54. The van der Waals surface area contributed by atoms with Crippen molar-refractivity contribution in [3.05, 3.63) is 52.2 Å². The lowest BCUT2D eigenvalue weighted by Crippen LogP contribution is -2.10. The van der Waals surface area contributed by atoms with E-state index >= 15 is 0 Å². The van der Waals surface area contributed by atoms with Gasteiger partial charge in [-0.2, -0.15) is 0 Å². The van der Waals surface area contributed by atoms with E-state index in [0.29, 0.717) is 15.5 Å². The summed E-state index contributed by atoms with van der Waals surface area (Å²) in [6.45, 7) is 0. The molecule has 0 spiro atoms. The molecule has 0 aliphatic heterocycles. The number of hydrogen-bond acceptors (Lipinski definition) is 5. The van der Waals surface area contributed by atoms with E-state index in [1.54, 1.807) is 18.2 Å². The van der Waals surface area contributed by atoms with Crippen LogP contribution in [0.3, 0.4) is 0 Å². The van der Waals surface area contributed by atoms with E-state index in [1.807, 2.05) is 23.6 Å². The average Bonchev–Trinajstić information content (AvgIpc) is 3.08. The van der Waals surface area contributed by atoms with Gasteiger partial charge >= 0.3 is 0 Å². The van der Waals surface area contributed by atoms with Crippen LogP contribution in [0.2, 0.25) is 0 Å². The molecule has 0 saturated heterocycles. The minimum absolute atomic E-state index is 0.241. The first-order valence-electron chi connectivity index (χ1n) is 6.00. The van der Waals surface area contributed by atoms with Crippen LogP contribution in [0.15, 0.2) is 50.9 Å². The molecule has 0 saturated carbocycles. The van der Waals surface area contributed by atoms with Crippen LogP contribution < -0.4 is 11.1 Å². The maximum atomic E-state index is 12.0. The van der Waals surface area contributed by atoms with Gasteiger partial charge in [-0.25, -0.2) is 4.98 Å². The summed E-state index contributed by atoms with van der Waals surface area (Å²) in [6, 6.07) is 10.7. The zero-order chi connectivity index (χ0) is 14.8. The molecule has 21 heavy (non-hydrogen) atoms. The first-order valence-corrected chi connectivity index (χ1v) is 7.67. The Kier molecular flexibility index (Phi) is 3.76. The quantitative estimate of drug-likeness (QED) is 0.736. The topological polar surface area (TPSA) is 81.1 Å². The Hall–Kier alpha value is -2.12. The molecule has 3 N–H and O–H groups in total. The van der Waals surface area contributed by atoms with E-state index in [1.165, 1.54) is 11.3 Å². The van der Waals surface area contributed by atoms with E-state index in [4.69, 9.17) is 10.2 Å². The average molecular weight is 364 g/mol. The standard InChI is InChI=1S/C14H10BrN3O2S/c15-12-5-4-11(20-12)13(19)17-9-3-1-2-8(6-9)10-7-21-14(16)18-10/h1-7H,(H2,16,18)(H,17,19). The summed E-state index contributed by atoms with van der Waals surface area (Å²) in [7, 11) is 0. The van der Waals surface area contributed by atoms with Gasteiger partial charge < -0.3 is 15.5 Å². The minimum Gasteiger partial charge on any atom is -0.444 e. The van der Waals surface area contributed by atoms with Crippen LogP contribution in [0.5, 0.6) is 0 Å². The molecule has 0 bridgehead atoms. The molecule has 0 unspecified atom stereocenters. The van der Waals surface area contributed by atoms with Crippen molar-refractivity contribution in [1.29, 1.82) is 0 Å². The lowest BCUT2D eigenvalue weighted by molar-refractivity contribution is 0.0995. The molecule has 7 heteroatoms. The van der Waals surface area contributed by atoms with Crippen LogP contribution in [-0.2, 0) is 0 Å². The normalized spacial score (nSPS) is 10.5. The molecular formula is C14H10BrN3O2S. The summed E-state index contributed by atoms with van der Waals surface area (Å²) in [4.78, 5) is 16.2. The van der Waals surface area contributed by atoms with Crippen molar-refractivity contribution in [3.8, 4) is 11.3 Å². The number of amides is 1. The molecule has 0 atom stereocenters. The number of hydrogen-bond donors (Lipinski definition) is 2. The van der Waals surface area contributed by atoms with Crippen molar-refractivity contribution >= 4 is 44.0 Å². The highest BCUT2D eigenvalue weighted by molar-refractivity contribution is 9.10. The Bertz CT molecular complexity index is 797. The van der Waals surface area contributed by atoms with E-state index in [2.05, 4.69) is 26.2 Å². The van der Waals surface area contributed by atoms with Gasteiger partial charge in [0.2, 0.25) is 0 Å². The van der Waals surface area contributed by atoms with Crippen LogP contribution >= 0.6 is 27.3 Å². The lowest BCUT2D eigenvalue weighted by Gasteiger charge is -2.05. The molecule has 3 aromatic rings. The van der Waals surface area contributed by atoms with Crippen LogP contribution in [0.25, 0.3) is 11.3 Å². The molecule has 0 aliphatic carbocycles. The smallest absolute Gasteiger partial charge is 0.291 e. The lowest BCUT2D eigenvalue weighted by atomic mass is 10.1. The van der Waals surface area contributed by atoms with Crippen LogP contribution in [0, 0.1) is 0 Å². The third-order valence-electron chi connectivity index (χ3n) is 2.74. The van der Waals surface area contributed by atoms with Gasteiger partial charge in [-0.15, -0.1) is 11.3 Å². The Morgan fingerprint density at radius 3 is 2.86 bits per heavy atom. The Morgan fingerprint density at radius 1 is 1.33 bits per heavy atom. The largest absolute Gasteiger partial charge is 0.444 e. The second-order valence-electron chi connectivity index (χ2n) is 4.21. The highest BCUT2D eigenvalue weighted by Crippen LogP contribution is 2.25. The van der Waals surface area contributed by atoms with Crippen LogP contribution in [0.1, 0.15) is 10.6 Å². The summed E-state index contributed by atoms with van der Waals surface area (Å²) in [6.07, 6.45) is 0. The summed E-state index contributed by atoms with van der Waals surface area (Å²) in [5, 5.41) is 5.17. The molecule has 0 aliphatic rings. The van der Waals surface area contributed by atoms with E-state index in [9.17, 15) is 4.79 Å². The Labute approximate surface area is 132 Å². The van der Waals surface area contributed by atoms with Gasteiger partial charge in [-0.05, 0) is 40.2 Å². The van der Waals surface area contributed by atoms with Gasteiger partial charge in [0, 0.05) is 16.6 Å². The molecule has 1 amide bonds. The summed E-state index contributed by atoms with van der Waals surface area (Å²) in [5.41, 5.74) is 7.97. The number of nitrogens with zero attached hydrogens (tertiary/aromatic N) is 1.